The van der Waals surface area contributed by atoms with Crippen molar-refractivity contribution in [3.05, 3.63) is 74.6 Å². The van der Waals surface area contributed by atoms with Gasteiger partial charge in [-0.05, 0) is 55.3 Å². The zero-order valence-electron chi connectivity index (χ0n) is 20.2. The number of aromatic nitrogens is 6. The summed E-state index contributed by atoms with van der Waals surface area (Å²) in [7, 11) is 0. The van der Waals surface area contributed by atoms with Crippen LogP contribution in [0.1, 0.15) is 34.0 Å². The molecule has 194 valence electrons. The van der Waals surface area contributed by atoms with E-state index >= 15 is 0 Å². The second kappa shape index (κ2) is 11.5. The van der Waals surface area contributed by atoms with Gasteiger partial charge in [-0.15, -0.1) is 16.6 Å². The van der Waals surface area contributed by atoms with Gasteiger partial charge in [-0.1, -0.05) is 22.7 Å². The number of hydrogen-bond acceptors (Lipinski definition) is 8. The molecule has 1 amide bonds. The summed E-state index contributed by atoms with van der Waals surface area (Å²) >= 11 is 6.49. The van der Waals surface area contributed by atoms with Gasteiger partial charge in [-0.3, -0.25) is 9.59 Å². The zero-order chi connectivity index (χ0) is 27.2. The third-order valence-electron chi connectivity index (χ3n) is 5.78. The van der Waals surface area contributed by atoms with E-state index in [2.05, 4.69) is 41.8 Å². The van der Waals surface area contributed by atoms with Crippen LogP contribution in [0.3, 0.4) is 0 Å². The van der Waals surface area contributed by atoms with E-state index in [4.69, 9.17) is 18.0 Å². The molecule has 0 aliphatic carbocycles. The number of rotatable bonds is 10. The smallest absolute Gasteiger partial charge is 0.326 e. The minimum atomic E-state index is -1.17. The van der Waals surface area contributed by atoms with Gasteiger partial charge in [0.05, 0.1) is 17.4 Å². The highest BCUT2D eigenvalue weighted by molar-refractivity contribution is 6.32. The number of carboxylic acid groups (broad SMARTS) is 1. The molecule has 0 aliphatic heterocycles. The number of amides is 1. The van der Waals surface area contributed by atoms with Crippen LogP contribution in [0.15, 0.2) is 41.2 Å². The second-order valence-corrected chi connectivity index (χ2v) is 8.86. The van der Waals surface area contributed by atoms with E-state index in [1.165, 1.54) is 0 Å². The van der Waals surface area contributed by atoms with E-state index in [9.17, 15) is 19.5 Å². The molecule has 2 aromatic carbocycles. The average molecular weight is 535 g/mol. The van der Waals surface area contributed by atoms with Crippen molar-refractivity contribution < 1.29 is 14.7 Å². The van der Waals surface area contributed by atoms with Crippen molar-refractivity contribution in [1.29, 1.82) is 0 Å². The van der Waals surface area contributed by atoms with Crippen LogP contribution in [0.5, 0.6) is 0 Å². The lowest BCUT2D eigenvalue weighted by molar-refractivity contribution is -0.139. The fourth-order valence-corrected chi connectivity index (χ4v) is 4.10. The molecule has 1 atom stereocenters. The Morgan fingerprint density at radius 1 is 1.26 bits per heavy atom. The molecule has 2 aromatic heterocycles. The number of carbonyl (C=O) groups excluding carboxylic acids is 1. The Bertz CT molecular complexity index is 1560. The molecule has 0 bridgehead atoms. The Balaban J connectivity index is 1.49. The van der Waals surface area contributed by atoms with E-state index in [0.717, 1.165) is 0 Å². The molecule has 0 fully saturated rings. The maximum absolute atomic E-state index is 12.7. The Hall–Kier alpha value is -4.76. The quantitative estimate of drug-likeness (QED) is 0.222. The van der Waals surface area contributed by atoms with Crippen LogP contribution in [-0.2, 0) is 17.8 Å². The predicted octanol–water partition coefficient (Wildman–Crippen LogP) is 1.85. The van der Waals surface area contributed by atoms with Crippen LogP contribution in [0.4, 0.5) is 5.69 Å². The number of tetrazole rings is 1. The van der Waals surface area contributed by atoms with Crippen molar-refractivity contribution in [2.45, 2.75) is 32.4 Å². The third kappa shape index (κ3) is 6.13. The molecule has 0 saturated heterocycles. The molecule has 0 spiro atoms. The van der Waals surface area contributed by atoms with Crippen LogP contribution in [0.2, 0.25) is 5.02 Å². The molecular weight excluding hydrogens is 512 g/mol. The highest BCUT2D eigenvalue weighted by Gasteiger charge is 2.22. The monoisotopic (exact) mass is 534 g/mol. The Morgan fingerprint density at radius 2 is 2.03 bits per heavy atom. The SMILES string of the molecule is C#CCN(Cc1cc2c(=O)[nH]c(C)nc2cc1Cl)c1ccc(C(=O)N[C@@H](CCc2nn[nH]n2)C(=O)O)cc1. The van der Waals surface area contributed by atoms with E-state index < -0.39 is 17.9 Å². The van der Waals surface area contributed by atoms with Gasteiger partial charge >= 0.3 is 5.97 Å². The van der Waals surface area contributed by atoms with Crippen molar-refractivity contribution in [3.63, 3.8) is 0 Å². The molecule has 0 aliphatic rings. The topological polar surface area (TPSA) is 170 Å². The normalized spacial score (nSPS) is 11.6. The Kier molecular flexibility index (Phi) is 7.98. The number of carboxylic acids is 1. The number of fused-ring (bicyclic) bond motifs is 1. The number of nitrogens with zero attached hydrogens (tertiary/aromatic N) is 5. The molecule has 0 unspecified atom stereocenters. The van der Waals surface area contributed by atoms with E-state index in [1.54, 1.807) is 43.3 Å². The lowest BCUT2D eigenvalue weighted by Gasteiger charge is -2.23. The minimum absolute atomic E-state index is 0.0963. The van der Waals surface area contributed by atoms with Crippen molar-refractivity contribution in [3.8, 4) is 12.3 Å². The van der Waals surface area contributed by atoms with Gasteiger partial charge < -0.3 is 20.3 Å². The summed E-state index contributed by atoms with van der Waals surface area (Å²) < 4.78 is 0. The van der Waals surface area contributed by atoms with Gasteiger partial charge in [0.25, 0.3) is 11.5 Å². The van der Waals surface area contributed by atoms with Crippen molar-refractivity contribution in [2.24, 2.45) is 0 Å². The number of H-pyrrole nitrogens is 2. The molecule has 13 heteroatoms. The Labute approximate surface area is 221 Å². The number of halogens is 1. The summed E-state index contributed by atoms with van der Waals surface area (Å²) in [5.74, 6) is 1.74. The summed E-state index contributed by atoms with van der Waals surface area (Å²) in [6.07, 6.45) is 5.92. The molecule has 2 heterocycles. The number of anilines is 1. The zero-order valence-corrected chi connectivity index (χ0v) is 21.0. The van der Waals surface area contributed by atoms with E-state index in [0.29, 0.717) is 45.4 Å². The molecule has 4 rings (SSSR count). The summed E-state index contributed by atoms with van der Waals surface area (Å²) in [4.78, 5) is 45.6. The molecule has 12 nitrogen and oxygen atoms in total. The number of carbonyl (C=O) groups is 2. The second-order valence-electron chi connectivity index (χ2n) is 8.45. The molecular formula is C25H23ClN8O4. The lowest BCUT2D eigenvalue weighted by Crippen LogP contribution is -2.41. The van der Waals surface area contributed by atoms with E-state index in [-0.39, 0.29) is 30.5 Å². The van der Waals surface area contributed by atoms with E-state index in [1.807, 2.05) is 4.90 Å². The maximum Gasteiger partial charge on any atom is 0.326 e. The fourth-order valence-electron chi connectivity index (χ4n) is 3.88. The van der Waals surface area contributed by atoms with Crippen molar-refractivity contribution in [2.75, 3.05) is 11.4 Å². The predicted molar refractivity (Wildman–Crippen MR) is 140 cm³/mol. The number of terminal acetylenes is 1. The first-order chi connectivity index (χ1) is 18.2. The lowest BCUT2D eigenvalue weighted by atomic mass is 10.1. The average Bonchev–Trinajstić information content (AvgIpc) is 3.40. The number of benzene rings is 2. The van der Waals surface area contributed by atoms with Crippen LogP contribution < -0.4 is 15.8 Å². The Morgan fingerprint density at radius 3 is 2.68 bits per heavy atom. The highest BCUT2D eigenvalue weighted by atomic mass is 35.5. The molecule has 0 saturated carbocycles. The summed E-state index contributed by atoms with van der Waals surface area (Å²) in [6.45, 7) is 2.23. The molecule has 38 heavy (non-hydrogen) atoms. The van der Waals surface area contributed by atoms with Gasteiger partial charge in [-0.25, -0.2) is 9.78 Å². The number of aromatic amines is 2. The molecule has 0 radical (unpaired) electrons. The summed E-state index contributed by atoms with van der Waals surface area (Å²) in [5, 5.41) is 26.2. The maximum atomic E-state index is 12.7. The number of nitrogens with one attached hydrogen (secondary N) is 3. The number of aryl methyl sites for hydroxylation is 2. The van der Waals surface area contributed by atoms with Crippen molar-refractivity contribution >= 4 is 40.1 Å². The first-order valence-electron chi connectivity index (χ1n) is 11.5. The third-order valence-corrected chi connectivity index (χ3v) is 6.13. The standard InChI is InChI=1S/C25H23ClN8O4/c1-3-10-34(13-16-11-18-21(12-19(16)26)27-14(2)28-24(18)36)17-6-4-15(5-7-17)23(35)29-20(25(37)38)8-9-22-30-32-33-31-22/h1,4-7,11-12,20H,8-10,13H2,2H3,(H,29,35)(H,37,38)(H,27,28,36)(H,30,31,32,33)/t20-/m0/s1. The molecule has 4 aromatic rings. The van der Waals surface area contributed by atoms with Crippen LogP contribution in [-0.4, -0.2) is 60.2 Å². The molecule has 4 N–H and O–H groups in total. The fraction of sp³-hybridized carbons (Fsp3) is 0.240. The van der Waals surface area contributed by atoms with Gasteiger partial charge in [0.1, 0.15) is 11.9 Å². The first-order valence-corrected chi connectivity index (χ1v) is 11.9. The van der Waals surface area contributed by atoms with Crippen LogP contribution in [0, 0.1) is 19.3 Å². The summed E-state index contributed by atoms with van der Waals surface area (Å²) in [6, 6.07) is 8.76. The van der Waals surface area contributed by atoms with Gasteiger partial charge in [0.2, 0.25) is 0 Å². The first kappa shape index (κ1) is 26.3. The van der Waals surface area contributed by atoms with Gasteiger partial charge in [0.15, 0.2) is 5.82 Å². The minimum Gasteiger partial charge on any atom is -0.480 e. The van der Waals surface area contributed by atoms with Crippen molar-refractivity contribution in [1.82, 2.24) is 35.9 Å². The van der Waals surface area contributed by atoms with Crippen LogP contribution >= 0.6 is 11.6 Å². The van der Waals surface area contributed by atoms with Gasteiger partial charge in [-0.2, -0.15) is 5.21 Å². The summed E-state index contributed by atoms with van der Waals surface area (Å²) in [5.41, 5.74) is 1.89. The largest absolute Gasteiger partial charge is 0.480 e. The number of aliphatic carboxylic acids is 1. The number of hydrogen-bond donors (Lipinski definition) is 4. The highest BCUT2D eigenvalue weighted by Crippen LogP contribution is 2.25. The van der Waals surface area contributed by atoms with Crippen LogP contribution in [0.25, 0.3) is 10.9 Å². The van der Waals surface area contributed by atoms with Gasteiger partial charge in [0, 0.05) is 29.2 Å².